The molecule has 0 spiro atoms. The lowest BCUT2D eigenvalue weighted by molar-refractivity contribution is -0.148. The standard InChI is InChI=1S/C22H21BrN2O5/c1-14-4-6-15(7-5-14)12-24-19(26)13-30-20(27)3-2-10-25-21(28)17-9-8-16(23)11-18(17)22(25)29/h4-9,11H,2-3,10,12-13H2,1H3,(H,24,26). The van der Waals surface area contributed by atoms with Crippen LogP contribution < -0.4 is 5.32 Å². The normalized spacial score (nSPS) is 12.7. The van der Waals surface area contributed by atoms with E-state index in [0.717, 1.165) is 16.0 Å². The van der Waals surface area contributed by atoms with Crippen molar-refractivity contribution in [2.75, 3.05) is 13.2 Å². The molecule has 0 fully saturated rings. The Morgan fingerprint density at radius 1 is 1.03 bits per heavy atom. The Labute approximate surface area is 182 Å². The van der Waals surface area contributed by atoms with Crippen LogP contribution in [0.4, 0.5) is 0 Å². The zero-order chi connectivity index (χ0) is 21.7. The first kappa shape index (κ1) is 21.7. The van der Waals surface area contributed by atoms with Crippen molar-refractivity contribution in [2.24, 2.45) is 0 Å². The number of ether oxygens (including phenoxy) is 1. The molecule has 2 aromatic rings. The summed E-state index contributed by atoms with van der Waals surface area (Å²) in [6.07, 6.45) is 0.263. The maximum atomic E-state index is 12.4. The fraction of sp³-hybridized carbons (Fsp3) is 0.273. The van der Waals surface area contributed by atoms with E-state index in [0.29, 0.717) is 22.1 Å². The molecule has 30 heavy (non-hydrogen) atoms. The fourth-order valence-electron chi connectivity index (χ4n) is 3.02. The van der Waals surface area contributed by atoms with Gasteiger partial charge in [-0.1, -0.05) is 45.8 Å². The maximum absolute atomic E-state index is 12.4. The average Bonchev–Trinajstić information content (AvgIpc) is 2.96. The molecular formula is C22H21BrN2O5. The Kier molecular flexibility index (Phi) is 6.99. The molecule has 156 valence electrons. The SMILES string of the molecule is Cc1ccc(CNC(=O)COC(=O)CCCN2C(=O)c3ccc(Br)cc3C2=O)cc1. The van der Waals surface area contributed by atoms with Crippen LogP contribution in [0.15, 0.2) is 46.9 Å². The van der Waals surface area contributed by atoms with Gasteiger partial charge in [-0.25, -0.2) is 0 Å². The van der Waals surface area contributed by atoms with Crippen LogP contribution in [0.1, 0.15) is 44.7 Å². The number of benzene rings is 2. The predicted octanol–water partition coefficient (Wildman–Crippen LogP) is 2.99. The summed E-state index contributed by atoms with van der Waals surface area (Å²) < 4.78 is 5.68. The number of aryl methyl sites for hydroxylation is 1. The first-order chi connectivity index (χ1) is 14.3. The number of fused-ring (bicyclic) bond motifs is 1. The average molecular weight is 473 g/mol. The van der Waals surface area contributed by atoms with Gasteiger partial charge in [0.2, 0.25) is 0 Å². The Morgan fingerprint density at radius 3 is 2.47 bits per heavy atom. The van der Waals surface area contributed by atoms with Crippen LogP contribution in [0.25, 0.3) is 0 Å². The van der Waals surface area contributed by atoms with Gasteiger partial charge < -0.3 is 10.1 Å². The Hall–Kier alpha value is -3.00. The second-order valence-corrected chi connectivity index (χ2v) is 7.89. The number of rotatable bonds is 8. The molecule has 1 heterocycles. The van der Waals surface area contributed by atoms with Gasteiger partial charge in [-0.05, 0) is 37.1 Å². The van der Waals surface area contributed by atoms with Gasteiger partial charge in [0.15, 0.2) is 6.61 Å². The number of hydrogen-bond donors (Lipinski definition) is 1. The number of imide groups is 1. The molecule has 0 aromatic heterocycles. The van der Waals surface area contributed by atoms with Crippen molar-refractivity contribution in [1.29, 1.82) is 0 Å². The van der Waals surface area contributed by atoms with Crippen LogP contribution in [0.5, 0.6) is 0 Å². The second-order valence-electron chi connectivity index (χ2n) is 6.98. The molecule has 0 atom stereocenters. The van der Waals surface area contributed by atoms with Gasteiger partial charge in [0.1, 0.15) is 0 Å². The number of carbonyl (C=O) groups is 4. The minimum atomic E-state index is -0.556. The van der Waals surface area contributed by atoms with Gasteiger partial charge >= 0.3 is 5.97 Å². The van der Waals surface area contributed by atoms with E-state index in [-0.39, 0.29) is 37.8 Å². The van der Waals surface area contributed by atoms with Gasteiger partial charge in [-0.2, -0.15) is 0 Å². The van der Waals surface area contributed by atoms with E-state index in [9.17, 15) is 19.2 Å². The molecule has 1 N–H and O–H groups in total. The summed E-state index contributed by atoms with van der Waals surface area (Å²) >= 11 is 3.28. The Bertz CT molecular complexity index is 988. The lowest BCUT2D eigenvalue weighted by Crippen LogP contribution is -2.31. The second kappa shape index (κ2) is 9.67. The highest BCUT2D eigenvalue weighted by atomic mass is 79.9. The molecule has 3 rings (SSSR count). The summed E-state index contributed by atoms with van der Waals surface area (Å²) in [6, 6.07) is 12.7. The highest BCUT2D eigenvalue weighted by Gasteiger charge is 2.35. The van der Waals surface area contributed by atoms with E-state index >= 15 is 0 Å². The summed E-state index contributed by atoms with van der Waals surface area (Å²) in [4.78, 5) is 49.5. The van der Waals surface area contributed by atoms with Gasteiger partial charge in [0, 0.05) is 24.0 Å². The van der Waals surface area contributed by atoms with Crippen LogP contribution in [0.2, 0.25) is 0 Å². The van der Waals surface area contributed by atoms with E-state index in [1.807, 2.05) is 31.2 Å². The highest BCUT2D eigenvalue weighted by Crippen LogP contribution is 2.26. The minimum absolute atomic E-state index is 0.00232. The van der Waals surface area contributed by atoms with E-state index in [2.05, 4.69) is 21.2 Å². The van der Waals surface area contributed by atoms with E-state index in [1.54, 1.807) is 18.2 Å². The van der Waals surface area contributed by atoms with Gasteiger partial charge in [0.05, 0.1) is 11.1 Å². The maximum Gasteiger partial charge on any atom is 0.306 e. The van der Waals surface area contributed by atoms with Crippen LogP contribution in [-0.2, 0) is 20.9 Å². The molecule has 1 aliphatic rings. The summed E-state index contributed by atoms with van der Waals surface area (Å²) in [5.41, 5.74) is 2.79. The van der Waals surface area contributed by atoms with Crippen molar-refractivity contribution in [3.63, 3.8) is 0 Å². The number of nitrogens with zero attached hydrogens (tertiary/aromatic N) is 1. The minimum Gasteiger partial charge on any atom is -0.456 e. The highest BCUT2D eigenvalue weighted by molar-refractivity contribution is 9.10. The van der Waals surface area contributed by atoms with Crippen molar-refractivity contribution in [2.45, 2.75) is 26.3 Å². The fourth-order valence-corrected chi connectivity index (χ4v) is 3.38. The molecule has 8 heteroatoms. The molecular weight excluding hydrogens is 452 g/mol. The molecule has 2 aromatic carbocycles. The largest absolute Gasteiger partial charge is 0.456 e. The summed E-state index contributed by atoms with van der Waals surface area (Å²) in [7, 11) is 0. The Morgan fingerprint density at radius 2 is 1.73 bits per heavy atom. The van der Waals surface area contributed by atoms with E-state index in [4.69, 9.17) is 4.74 Å². The Balaban J connectivity index is 1.37. The number of nitrogens with one attached hydrogen (secondary N) is 1. The smallest absolute Gasteiger partial charge is 0.306 e. The molecule has 0 unspecified atom stereocenters. The van der Waals surface area contributed by atoms with Crippen molar-refractivity contribution in [3.05, 3.63) is 69.2 Å². The number of carbonyl (C=O) groups excluding carboxylic acids is 4. The van der Waals surface area contributed by atoms with Crippen molar-refractivity contribution in [1.82, 2.24) is 10.2 Å². The third kappa shape index (κ3) is 5.33. The first-order valence-electron chi connectivity index (χ1n) is 9.49. The van der Waals surface area contributed by atoms with Crippen molar-refractivity contribution < 1.29 is 23.9 Å². The number of hydrogen-bond acceptors (Lipinski definition) is 5. The molecule has 0 saturated carbocycles. The number of esters is 1. The summed E-state index contributed by atoms with van der Waals surface area (Å²) in [5, 5.41) is 2.68. The van der Waals surface area contributed by atoms with Crippen molar-refractivity contribution in [3.8, 4) is 0 Å². The molecule has 0 aliphatic carbocycles. The molecule has 0 radical (unpaired) electrons. The zero-order valence-electron chi connectivity index (χ0n) is 16.4. The quantitative estimate of drug-likeness (QED) is 0.470. The molecule has 0 bridgehead atoms. The predicted molar refractivity (Wildman–Crippen MR) is 113 cm³/mol. The zero-order valence-corrected chi connectivity index (χ0v) is 18.0. The lowest BCUT2D eigenvalue weighted by atomic mass is 10.1. The van der Waals surface area contributed by atoms with Gasteiger partial charge in [0.25, 0.3) is 17.7 Å². The number of halogens is 1. The monoisotopic (exact) mass is 472 g/mol. The first-order valence-corrected chi connectivity index (χ1v) is 10.3. The van der Waals surface area contributed by atoms with Crippen LogP contribution in [0, 0.1) is 6.92 Å². The lowest BCUT2D eigenvalue weighted by Gasteiger charge is -2.13. The molecule has 1 aliphatic heterocycles. The molecule has 7 nitrogen and oxygen atoms in total. The third-order valence-electron chi connectivity index (χ3n) is 4.67. The topological polar surface area (TPSA) is 92.8 Å². The van der Waals surface area contributed by atoms with E-state index < -0.39 is 11.9 Å². The molecule has 0 saturated heterocycles. The van der Waals surface area contributed by atoms with Crippen LogP contribution in [-0.4, -0.2) is 41.7 Å². The van der Waals surface area contributed by atoms with Crippen LogP contribution in [0.3, 0.4) is 0 Å². The molecule has 3 amide bonds. The summed E-state index contributed by atoms with van der Waals surface area (Å²) in [6.45, 7) is 2.08. The van der Waals surface area contributed by atoms with E-state index in [1.165, 1.54) is 0 Å². The summed E-state index contributed by atoms with van der Waals surface area (Å²) in [5.74, 6) is -1.69. The van der Waals surface area contributed by atoms with Gasteiger partial charge in [-0.15, -0.1) is 0 Å². The third-order valence-corrected chi connectivity index (χ3v) is 5.16. The van der Waals surface area contributed by atoms with Crippen LogP contribution >= 0.6 is 15.9 Å². The van der Waals surface area contributed by atoms with Crippen molar-refractivity contribution >= 4 is 39.6 Å². The number of amides is 3. The van der Waals surface area contributed by atoms with Gasteiger partial charge in [-0.3, -0.25) is 24.1 Å².